The lowest BCUT2D eigenvalue weighted by atomic mass is 9.94. The van der Waals surface area contributed by atoms with Crippen LogP contribution in [-0.4, -0.2) is 51.8 Å². The lowest BCUT2D eigenvalue weighted by Crippen LogP contribution is -2.51. The quantitative estimate of drug-likeness (QED) is 0.846. The molecule has 0 bridgehead atoms. The highest BCUT2D eigenvalue weighted by atomic mass is 16.2. The Morgan fingerprint density at radius 3 is 2.25 bits per heavy atom. The monoisotopic (exact) mass is 328 g/mol. The minimum absolute atomic E-state index is 0.207. The van der Waals surface area contributed by atoms with Crippen molar-refractivity contribution >= 4 is 17.3 Å². The fourth-order valence-corrected chi connectivity index (χ4v) is 2.95. The molecule has 1 aliphatic heterocycles. The SMILES string of the molecule is CC(C)(C)C(=O)N1CCN(c2ccc(-n3cnnc3)cc2N)CC1. The Morgan fingerprint density at radius 2 is 1.71 bits per heavy atom. The van der Waals surface area contributed by atoms with Crippen molar-refractivity contribution in [3.05, 3.63) is 30.9 Å². The van der Waals surface area contributed by atoms with Crippen LogP contribution in [0.3, 0.4) is 0 Å². The summed E-state index contributed by atoms with van der Waals surface area (Å²) in [7, 11) is 0. The molecule has 0 atom stereocenters. The van der Waals surface area contributed by atoms with E-state index in [1.165, 1.54) is 0 Å². The Hall–Kier alpha value is -2.57. The van der Waals surface area contributed by atoms with Gasteiger partial charge >= 0.3 is 0 Å². The van der Waals surface area contributed by atoms with E-state index in [-0.39, 0.29) is 11.3 Å². The highest BCUT2D eigenvalue weighted by molar-refractivity contribution is 5.82. The first-order valence-electron chi connectivity index (χ1n) is 8.15. The van der Waals surface area contributed by atoms with Crippen LogP contribution in [0.2, 0.25) is 0 Å². The molecule has 7 heteroatoms. The molecule has 2 heterocycles. The van der Waals surface area contributed by atoms with Gasteiger partial charge in [0.25, 0.3) is 0 Å². The Bertz CT molecular complexity index is 711. The number of rotatable bonds is 2. The predicted octanol–water partition coefficient (Wildman–Crippen LogP) is 1.54. The van der Waals surface area contributed by atoms with Crippen molar-refractivity contribution in [1.29, 1.82) is 0 Å². The smallest absolute Gasteiger partial charge is 0.228 e. The van der Waals surface area contributed by atoms with Crippen molar-refractivity contribution in [2.24, 2.45) is 5.41 Å². The molecule has 1 fully saturated rings. The second kappa shape index (κ2) is 6.14. The van der Waals surface area contributed by atoms with Crippen LogP contribution in [0, 0.1) is 5.41 Å². The minimum Gasteiger partial charge on any atom is -0.397 e. The van der Waals surface area contributed by atoms with E-state index < -0.39 is 0 Å². The van der Waals surface area contributed by atoms with Crippen LogP contribution >= 0.6 is 0 Å². The van der Waals surface area contributed by atoms with Gasteiger partial charge in [0, 0.05) is 31.6 Å². The number of piperazine rings is 1. The van der Waals surface area contributed by atoms with Gasteiger partial charge in [-0.15, -0.1) is 10.2 Å². The number of nitrogens with zero attached hydrogens (tertiary/aromatic N) is 5. The van der Waals surface area contributed by atoms with Gasteiger partial charge in [-0.3, -0.25) is 9.36 Å². The van der Waals surface area contributed by atoms with Crippen LogP contribution in [0.15, 0.2) is 30.9 Å². The van der Waals surface area contributed by atoms with Crippen molar-refractivity contribution in [2.75, 3.05) is 36.8 Å². The number of carbonyl (C=O) groups excluding carboxylic acids is 1. The average molecular weight is 328 g/mol. The van der Waals surface area contributed by atoms with Gasteiger partial charge in [-0.25, -0.2) is 0 Å². The molecule has 1 aliphatic rings. The number of hydrogen-bond acceptors (Lipinski definition) is 5. The first-order valence-corrected chi connectivity index (χ1v) is 8.15. The Balaban J connectivity index is 1.70. The topological polar surface area (TPSA) is 80.3 Å². The summed E-state index contributed by atoms with van der Waals surface area (Å²) in [6, 6.07) is 5.94. The molecule has 1 saturated heterocycles. The highest BCUT2D eigenvalue weighted by Gasteiger charge is 2.30. The van der Waals surface area contributed by atoms with Crippen LogP contribution < -0.4 is 10.6 Å². The zero-order valence-electron chi connectivity index (χ0n) is 14.4. The van der Waals surface area contributed by atoms with Crippen molar-refractivity contribution in [1.82, 2.24) is 19.7 Å². The maximum atomic E-state index is 12.4. The first kappa shape index (κ1) is 16.3. The number of aromatic nitrogens is 3. The number of nitrogens with two attached hydrogens (primary N) is 1. The van der Waals surface area contributed by atoms with E-state index in [2.05, 4.69) is 15.1 Å². The molecule has 1 amide bonds. The van der Waals surface area contributed by atoms with Crippen LogP contribution in [0.25, 0.3) is 5.69 Å². The first-order chi connectivity index (χ1) is 11.4. The standard InChI is InChI=1S/C17H24N6O/c1-17(2,3)16(24)22-8-6-21(7-9-22)15-5-4-13(10-14(15)18)23-11-19-20-12-23/h4-5,10-12H,6-9,18H2,1-3H3. The maximum absolute atomic E-state index is 12.4. The number of benzene rings is 1. The summed E-state index contributed by atoms with van der Waals surface area (Å²) in [6.07, 6.45) is 3.29. The minimum atomic E-state index is -0.332. The van der Waals surface area contributed by atoms with E-state index in [0.717, 1.165) is 43.2 Å². The third-order valence-corrected chi connectivity index (χ3v) is 4.28. The summed E-state index contributed by atoms with van der Waals surface area (Å²) < 4.78 is 1.82. The number of anilines is 2. The second-order valence-corrected chi connectivity index (χ2v) is 7.14. The van der Waals surface area contributed by atoms with Crippen molar-refractivity contribution in [3.8, 4) is 5.69 Å². The van der Waals surface area contributed by atoms with Gasteiger partial charge in [0.1, 0.15) is 12.7 Å². The highest BCUT2D eigenvalue weighted by Crippen LogP contribution is 2.27. The molecule has 7 nitrogen and oxygen atoms in total. The molecule has 0 spiro atoms. The predicted molar refractivity (Wildman–Crippen MR) is 94.0 cm³/mol. The van der Waals surface area contributed by atoms with E-state index >= 15 is 0 Å². The van der Waals surface area contributed by atoms with E-state index in [9.17, 15) is 4.79 Å². The lowest BCUT2D eigenvalue weighted by molar-refractivity contribution is -0.139. The molecular formula is C17H24N6O. The van der Waals surface area contributed by atoms with E-state index in [1.54, 1.807) is 12.7 Å². The molecule has 0 aliphatic carbocycles. The summed E-state index contributed by atoms with van der Waals surface area (Å²) in [5, 5.41) is 7.62. The summed E-state index contributed by atoms with van der Waals surface area (Å²) in [5.41, 5.74) is 8.58. The zero-order valence-corrected chi connectivity index (χ0v) is 14.4. The third kappa shape index (κ3) is 3.20. The van der Waals surface area contributed by atoms with Crippen LogP contribution in [-0.2, 0) is 4.79 Å². The molecule has 0 radical (unpaired) electrons. The van der Waals surface area contributed by atoms with Crippen molar-refractivity contribution < 1.29 is 4.79 Å². The van der Waals surface area contributed by atoms with E-state index in [4.69, 9.17) is 5.73 Å². The van der Waals surface area contributed by atoms with Crippen LogP contribution in [0.5, 0.6) is 0 Å². The van der Waals surface area contributed by atoms with Gasteiger partial charge in [0.15, 0.2) is 0 Å². The number of hydrogen-bond donors (Lipinski definition) is 1. The molecular weight excluding hydrogens is 304 g/mol. The molecule has 3 rings (SSSR count). The fourth-order valence-electron chi connectivity index (χ4n) is 2.95. The molecule has 2 N–H and O–H groups in total. The number of nitrogen functional groups attached to an aromatic ring is 1. The zero-order chi connectivity index (χ0) is 17.3. The van der Waals surface area contributed by atoms with Crippen LogP contribution in [0.1, 0.15) is 20.8 Å². The number of carbonyl (C=O) groups is 1. The summed E-state index contributed by atoms with van der Waals surface area (Å²) in [5.74, 6) is 0.207. The summed E-state index contributed by atoms with van der Waals surface area (Å²) >= 11 is 0. The van der Waals surface area contributed by atoms with Crippen molar-refractivity contribution in [2.45, 2.75) is 20.8 Å². The molecule has 0 saturated carbocycles. The average Bonchev–Trinajstić information content (AvgIpc) is 3.08. The van der Waals surface area contributed by atoms with Gasteiger partial charge in [0.2, 0.25) is 5.91 Å². The third-order valence-electron chi connectivity index (χ3n) is 4.28. The van der Waals surface area contributed by atoms with Gasteiger partial charge in [-0.05, 0) is 18.2 Å². The normalized spacial score (nSPS) is 15.6. The fraction of sp³-hybridized carbons (Fsp3) is 0.471. The Morgan fingerprint density at radius 1 is 1.08 bits per heavy atom. The van der Waals surface area contributed by atoms with Gasteiger partial charge in [-0.2, -0.15) is 0 Å². The Kier molecular flexibility index (Phi) is 4.17. The molecule has 0 unspecified atom stereocenters. The van der Waals surface area contributed by atoms with Gasteiger partial charge < -0.3 is 15.5 Å². The van der Waals surface area contributed by atoms with E-state index in [0.29, 0.717) is 0 Å². The van der Waals surface area contributed by atoms with Crippen molar-refractivity contribution in [3.63, 3.8) is 0 Å². The van der Waals surface area contributed by atoms with Gasteiger partial charge in [0.05, 0.1) is 17.1 Å². The summed E-state index contributed by atoms with van der Waals surface area (Å²) in [4.78, 5) is 16.6. The van der Waals surface area contributed by atoms with Gasteiger partial charge in [-0.1, -0.05) is 20.8 Å². The van der Waals surface area contributed by atoms with E-state index in [1.807, 2.05) is 48.4 Å². The lowest BCUT2D eigenvalue weighted by Gasteiger charge is -2.39. The summed E-state index contributed by atoms with van der Waals surface area (Å²) in [6.45, 7) is 8.91. The molecule has 2 aromatic rings. The largest absolute Gasteiger partial charge is 0.397 e. The second-order valence-electron chi connectivity index (χ2n) is 7.14. The van der Waals surface area contributed by atoms with Crippen LogP contribution in [0.4, 0.5) is 11.4 Å². The maximum Gasteiger partial charge on any atom is 0.228 e. The number of amides is 1. The molecule has 1 aromatic carbocycles. The molecule has 128 valence electrons. The Labute approximate surface area is 142 Å². The molecule has 1 aromatic heterocycles. The molecule has 24 heavy (non-hydrogen) atoms.